The molecular formula is C18H26N2O4. The van der Waals surface area contributed by atoms with Crippen LogP contribution < -0.4 is 0 Å². The first-order chi connectivity index (χ1) is 11.2. The fourth-order valence-electron chi connectivity index (χ4n) is 3.60. The minimum atomic E-state index is -1.04. The Hall–Kier alpha value is -1.66. The van der Waals surface area contributed by atoms with Crippen molar-refractivity contribution in [2.75, 3.05) is 13.2 Å². The lowest BCUT2D eigenvalue weighted by Gasteiger charge is -2.51. The van der Waals surface area contributed by atoms with Crippen LogP contribution in [0.5, 0.6) is 0 Å². The number of morpholine rings is 1. The van der Waals surface area contributed by atoms with E-state index in [4.69, 9.17) is 9.47 Å². The number of amides is 1. The highest BCUT2D eigenvalue weighted by atomic mass is 16.6. The van der Waals surface area contributed by atoms with E-state index in [-0.39, 0.29) is 18.2 Å². The second kappa shape index (κ2) is 6.01. The predicted octanol–water partition coefficient (Wildman–Crippen LogP) is 2.38. The fourth-order valence-corrected chi connectivity index (χ4v) is 3.60. The van der Waals surface area contributed by atoms with E-state index in [1.54, 1.807) is 4.90 Å². The van der Waals surface area contributed by atoms with Gasteiger partial charge in [0, 0.05) is 18.5 Å². The zero-order valence-electron chi connectivity index (χ0n) is 14.8. The topological polar surface area (TPSA) is 71.9 Å². The molecule has 132 valence electrons. The molecule has 3 heterocycles. The van der Waals surface area contributed by atoms with E-state index in [0.29, 0.717) is 31.7 Å². The number of ether oxygens (including phenoxy) is 2. The molecule has 2 aliphatic heterocycles. The summed E-state index contributed by atoms with van der Waals surface area (Å²) in [5.41, 5.74) is -0.0398. The van der Waals surface area contributed by atoms with Gasteiger partial charge in [0.15, 0.2) is 0 Å². The van der Waals surface area contributed by atoms with Crippen LogP contribution in [0.25, 0.3) is 0 Å². The van der Waals surface area contributed by atoms with Crippen molar-refractivity contribution in [3.63, 3.8) is 0 Å². The second-order valence-corrected chi connectivity index (χ2v) is 7.84. The molecule has 1 aromatic rings. The van der Waals surface area contributed by atoms with Crippen LogP contribution >= 0.6 is 0 Å². The summed E-state index contributed by atoms with van der Waals surface area (Å²) in [6, 6.07) is 5.25. The van der Waals surface area contributed by atoms with Gasteiger partial charge in [-0.25, -0.2) is 4.79 Å². The first-order valence-corrected chi connectivity index (χ1v) is 8.43. The molecule has 0 radical (unpaired) electrons. The van der Waals surface area contributed by atoms with Gasteiger partial charge in [-0.1, -0.05) is 6.07 Å². The molecule has 0 saturated carbocycles. The summed E-state index contributed by atoms with van der Waals surface area (Å²) >= 11 is 0. The van der Waals surface area contributed by atoms with Gasteiger partial charge in [-0.15, -0.1) is 0 Å². The summed E-state index contributed by atoms with van der Waals surface area (Å²) in [7, 11) is 0. The fraction of sp³-hybridized carbons (Fsp3) is 0.667. The lowest BCUT2D eigenvalue weighted by molar-refractivity contribution is -0.142. The standard InChI is InChI=1S/C18H26N2O4/c1-12-6-5-7-15(19-12)18(22)8-13-10-23-11-14(9-18)20(13)16(21)24-17(2,3)4/h5-7,13-14,22H,8-11H2,1-4H3. The molecule has 3 rings (SSSR count). The molecule has 6 heteroatoms. The summed E-state index contributed by atoms with van der Waals surface area (Å²) in [6.07, 6.45) is 0.471. The van der Waals surface area contributed by atoms with Crippen LogP contribution in [0.3, 0.4) is 0 Å². The van der Waals surface area contributed by atoms with Gasteiger partial charge >= 0.3 is 6.09 Å². The molecule has 2 fully saturated rings. The van der Waals surface area contributed by atoms with E-state index in [1.165, 1.54) is 0 Å². The van der Waals surface area contributed by atoms with Crippen LogP contribution in [-0.4, -0.2) is 52.0 Å². The van der Waals surface area contributed by atoms with Crippen molar-refractivity contribution in [1.29, 1.82) is 0 Å². The SMILES string of the molecule is Cc1cccc(C2(O)CC3COCC(C2)N3C(=O)OC(C)(C)C)n1. The minimum absolute atomic E-state index is 0.209. The Balaban J connectivity index is 1.84. The molecule has 2 atom stereocenters. The number of aromatic nitrogens is 1. The van der Waals surface area contributed by atoms with E-state index in [1.807, 2.05) is 45.9 Å². The van der Waals surface area contributed by atoms with Crippen LogP contribution in [0.4, 0.5) is 4.79 Å². The normalized spacial score (nSPS) is 30.1. The Morgan fingerprint density at radius 2 is 1.96 bits per heavy atom. The zero-order valence-corrected chi connectivity index (χ0v) is 14.8. The molecule has 1 N–H and O–H groups in total. The van der Waals surface area contributed by atoms with Gasteiger partial charge in [0.1, 0.15) is 11.2 Å². The molecular weight excluding hydrogens is 308 g/mol. The molecule has 0 aromatic carbocycles. The minimum Gasteiger partial charge on any atom is -0.444 e. The Bertz CT molecular complexity index is 612. The maximum atomic E-state index is 12.6. The number of carbonyl (C=O) groups is 1. The second-order valence-electron chi connectivity index (χ2n) is 7.84. The number of nitrogens with zero attached hydrogens (tertiary/aromatic N) is 2. The average Bonchev–Trinajstić information content (AvgIpc) is 2.44. The van der Waals surface area contributed by atoms with E-state index in [2.05, 4.69) is 4.98 Å². The maximum absolute atomic E-state index is 12.6. The maximum Gasteiger partial charge on any atom is 0.410 e. The molecule has 1 aromatic heterocycles. The van der Waals surface area contributed by atoms with Gasteiger partial charge < -0.3 is 14.6 Å². The lowest BCUT2D eigenvalue weighted by atomic mass is 9.79. The third kappa shape index (κ3) is 3.39. The Morgan fingerprint density at radius 3 is 2.50 bits per heavy atom. The van der Waals surface area contributed by atoms with E-state index < -0.39 is 11.2 Å². The highest BCUT2D eigenvalue weighted by Gasteiger charge is 2.50. The molecule has 2 bridgehead atoms. The first kappa shape index (κ1) is 17.2. The van der Waals surface area contributed by atoms with Crippen LogP contribution in [0.15, 0.2) is 18.2 Å². The number of rotatable bonds is 1. The first-order valence-electron chi connectivity index (χ1n) is 8.43. The van der Waals surface area contributed by atoms with E-state index >= 15 is 0 Å². The van der Waals surface area contributed by atoms with Gasteiger partial charge in [0.2, 0.25) is 0 Å². The smallest absolute Gasteiger partial charge is 0.410 e. The number of pyridine rings is 1. The van der Waals surface area contributed by atoms with Crippen molar-refractivity contribution in [3.8, 4) is 0 Å². The van der Waals surface area contributed by atoms with Gasteiger partial charge in [0.05, 0.1) is 31.0 Å². The number of hydrogen-bond acceptors (Lipinski definition) is 5. The van der Waals surface area contributed by atoms with Crippen LogP contribution in [0.2, 0.25) is 0 Å². The molecule has 2 saturated heterocycles. The summed E-state index contributed by atoms with van der Waals surface area (Å²) in [5, 5.41) is 11.2. The third-order valence-corrected chi connectivity index (χ3v) is 4.52. The number of hydrogen-bond donors (Lipinski definition) is 1. The summed E-state index contributed by atoms with van der Waals surface area (Å²) < 4.78 is 11.2. The summed E-state index contributed by atoms with van der Waals surface area (Å²) in [6.45, 7) is 8.29. The largest absolute Gasteiger partial charge is 0.444 e. The van der Waals surface area contributed by atoms with Gasteiger partial charge in [-0.3, -0.25) is 9.88 Å². The quantitative estimate of drug-likeness (QED) is 0.854. The Labute approximate surface area is 142 Å². The molecule has 0 aliphatic carbocycles. The highest BCUT2D eigenvalue weighted by Crippen LogP contribution is 2.40. The van der Waals surface area contributed by atoms with Crippen molar-refractivity contribution in [1.82, 2.24) is 9.88 Å². The van der Waals surface area contributed by atoms with Crippen LogP contribution in [0, 0.1) is 6.92 Å². The summed E-state index contributed by atoms with van der Waals surface area (Å²) in [5.74, 6) is 0. The van der Waals surface area contributed by atoms with Crippen molar-refractivity contribution in [2.24, 2.45) is 0 Å². The number of aryl methyl sites for hydroxylation is 1. The number of fused-ring (bicyclic) bond motifs is 2. The Kier molecular flexibility index (Phi) is 4.30. The van der Waals surface area contributed by atoms with Gasteiger partial charge in [-0.2, -0.15) is 0 Å². The van der Waals surface area contributed by atoms with E-state index in [0.717, 1.165) is 5.69 Å². The molecule has 0 spiro atoms. The van der Waals surface area contributed by atoms with Crippen molar-refractivity contribution in [2.45, 2.75) is 63.8 Å². The van der Waals surface area contributed by atoms with Crippen molar-refractivity contribution < 1.29 is 19.4 Å². The number of aliphatic hydroxyl groups is 1. The van der Waals surface area contributed by atoms with Crippen molar-refractivity contribution in [3.05, 3.63) is 29.6 Å². The lowest BCUT2D eigenvalue weighted by Crippen LogP contribution is -2.63. The summed E-state index contributed by atoms with van der Waals surface area (Å²) in [4.78, 5) is 18.8. The van der Waals surface area contributed by atoms with Crippen molar-refractivity contribution >= 4 is 6.09 Å². The molecule has 24 heavy (non-hydrogen) atoms. The van der Waals surface area contributed by atoms with Gasteiger partial charge in [-0.05, 0) is 39.8 Å². The van der Waals surface area contributed by atoms with E-state index in [9.17, 15) is 9.90 Å². The third-order valence-electron chi connectivity index (χ3n) is 4.52. The average molecular weight is 334 g/mol. The molecule has 6 nitrogen and oxygen atoms in total. The molecule has 2 unspecified atom stereocenters. The Morgan fingerprint density at radius 1 is 1.33 bits per heavy atom. The number of carbonyl (C=O) groups excluding carboxylic acids is 1. The molecule has 1 amide bonds. The van der Waals surface area contributed by atoms with Gasteiger partial charge in [0.25, 0.3) is 0 Å². The monoisotopic (exact) mass is 334 g/mol. The zero-order chi connectivity index (χ0) is 17.5. The van der Waals surface area contributed by atoms with Crippen LogP contribution in [0.1, 0.15) is 45.0 Å². The van der Waals surface area contributed by atoms with Crippen LogP contribution in [-0.2, 0) is 15.1 Å². The molecule has 2 aliphatic rings. The number of piperidine rings is 1. The predicted molar refractivity (Wildman–Crippen MR) is 88.6 cm³/mol. The highest BCUT2D eigenvalue weighted by molar-refractivity contribution is 5.69.